The topological polar surface area (TPSA) is 51.6 Å². The monoisotopic (exact) mass is 666 g/mol. The van der Waals surface area contributed by atoms with Crippen LogP contribution in [0, 0.1) is 13.8 Å². The Labute approximate surface area is 293 Å². The van der Waals surface area contributed by atoms with Gasteiger partial charge in [-0.05, 0) is 83.6 Å². The Balaban J connectivity index is 1.22. The van der Waals surface area contributed by atoms with Gasteiger partial charge < -0.3 is 0 Å². The predicted molar refractivity (Wildman–Crippen MR) is 202 cm³/mol. The van der Waals surface area contributed by atoms with Crippen LogP contribution in [-0.4, -0.2) is 19.9 Å². The van der Waals surface area contributed by atoms with Crippen molar-refractivity contribution >= 4 is 22.7 Å². The molecule has 0 saturated heterocycles. The van der Waals surface area contributed by atoms with Crippen molar-refractivity contribution in [3.63, 3.8) is 0 Å². The fraction of sp³-hybridized carbons (Fsp3) is 0.0698. The fourth-order valence-electron chi connectivity index (χ4n) is 7.22. The second-order valence-corrected chi connectivity index (χ2v) is 14.8. The smallest absolute Gasteiger partial charge is 0.0900 e. The van der Waals surface area contributed by atoms with E-state index in [0.717, 1.165) is 53.4 Å². The van der Waals surface area contributed by atoms with E-state index >= 15 is 0 Å². The van der Waals surface area contributed by atoms with E-state index in [1.807, 2.05) is 38.6 Å². The summed E-state index contributed by atoms with van der Waals surface area (Å²) < 4.78 is 0. The van der Waals surface area contributed by atoms with Gasteiger partial charge in [0.25, 0.3) is 0 Å². The third-order valence-corrected chi connectivity index (χ3v) is 11.4. The van der Waals surface area contributed by atoms with E-state index in [1.54, 1.807) is 22.7 Å². The van der Waals surface area contributed by atoms with Crippen molar-refractivity contribution in [2.45, 2.75) is 19.3 Å². The number of thiazole rings is 2. The normalized spacial score (nSPS) is 12.9. The zero-order valence-corrected chi connectivity index (χ0v) is 28.6. The molecule has 0 atom stereocenters. The van der Waals surface area contributed by atoms with Crippen LogP contribution in [0.3, 0.4) is 0 Å². The summed E-state index contributed by atoms with van der Waals surface area (Å²) in [6, 6.07) is 44.1. The van der Waals surface area contributed by atoms with Crippen molar-refractivity contribution in [2.24, 2.45) is 0 Å². The quantitative estimate of drug-likeness (QED) is 0.177. The third kappa shape index (κ3) is 4.95. The molecule has 0 bridgehead atoms. The van der Waals surface area contributed by atoms with E-state index in [0.29, 0.717) is 0 Å². The van der Waals surface area contributed by atoms with E-state index in [1.165, 1.54) is 33.4 Å². The van der Waals surface area contributed by atoms with Crippen molar-refractivity contribution in [3.8, 4) is 54.5 Å². The molecule has 8 aromatic rings. The number of hydrogen-bond acceptors (Lipinski definition) is 6. The zero-order valence-electron chi connectivity index (χ0n) is 27.0. The molecule has 0 N–H and O–H groups in total. The van der Waals surface area contributed by atoms with Crippen LogP contribution in [0.15, 0.2) is 146 Å². The molecule has 0 fully saturated rings. The van der Waals surface area contributed by atoms with E-state index in [-0.39, 0.29) is 0 Å². The molecule has 4 aromatic carbocycles. The van der Waals surface area contributed by atoms with E-state index in [4.69, 9.17) is 9.97 Å². The maximum absolute atomic E-state index is 4.95. The van der Waals surface area contributed by atoms with Crippen LogP contribution < -0.4 is 0 Å². The summed E-state index contributed by atoms with van der Waals surface area (Å²) in [6.07, 6.45) is 7.79. The maximum Gasteiger partial charge on any atom is 0.0900 e. The number of pyridine rings is 2. The zero-order chi connectivity index (χ0) is 33.0. The molecule has 234 valence electrons. The van der Waals surface area contributed by atoms with Crippen molar-refractivity contribution in [1.82, 2.24) is 19.9 Å². The molecule has 0 radical (unpaired) electrons. The highest BCUT2D eigenvalue weighted by Crippen LogP contribution is 2.57. The summed E-state index contributed by atoms with van der Waals surface area (Å²) in [4.78, 5) is 21.0. The minimum atomic E-state index is -0.542. The molecule has 9 rings (SSSR count). The average molecular weight is 667 g/mol. The summed E-state index contributed by atoms with van der Waals surface area (Å²) in [5.41, 5.74) is 13.1. The number of aryl methyl sites for hydroxylation is 2. The number of benzene rings is 4. The van der Waals surface area contributed by atoms with E-state index in [2.05, 4.69) is 131 Å². The molecule has 4 nitrogen and oxygen atoms in total. The molecule has 0 saturated carbocycles. The van der Waals surface area contributed by atoms with Gasteiger partial charge in [-0.2, -0.15) is 0 Å². The Morgan fingerprint density at radius 1 is 0.429 bits per heavy atom. The lowest BCUT2D eigenvalue weighted by Crippen LogP contribution is -2.28. The first-order chi connectivity index (χ1) is 24.1. The summed E-state index contributed by atoms with van der Waals surface area (Å²) in [7, 11) is 0. The highest BCUT2D eigenvalue weighted by atomic mass is 32.1. The van der Waals surface area contributed by atoms with Gasteiger partial charge >= 0.3 is 0 Å². The first-order valence-electron chi connectivity index (χ1n) is 16.3. The summed E-state index contributed by atoms with van der Waals surface area (Å²) in [5.74, 6) is 0. The van der Waals surface area contributed by atoms with Crippen molar-refractivity contribution in [3.05, 3.63) is 178 Å². The van der Waals surface area contributed by atoms with E-state index < -0.39 is 5.41 Å². The van der Waals surface area contributed by atoms with Crippen molar-refractivity contribution in [2.75, 3.05) is 0 Å². The third-order valence-electron chi connectivity index (χ3n) is 9.48. The highest BCUT2D eigenvalue weighted by molar-refractivity contribution is 7.15. The van der Waals surface area contributed by atoms with Gasteiger partial charge in [-0.1, -0.05) is 84.9 Å². The van der Waals surface area contributed by atoms with Gasteiger partial charge in [0.05, 0.1) is 36.6 Å². The van der Waals surface area contributed by atoms with Crippen LogP contribution in [-0.2, 0) is 5.41 Å². The maximum atomic E-state index is 4.95. The number of nitrogens with zero attached hydrogens (tertiary/aromatic N) is 4. The van der Waals surface area contributed by atoms with Gasteiger partial charge in [-0.3, -0.25) is 9.97 Å². The van der Waals surface area contributed by atoms with Gasteiger partial charge in [-0.25, -0.2) is 9.97 Å². The lowest BCUT2D eigenvalue weighted by Gasteiger charge is -2.34. The van der Waals surface area contributed by atoms with Crippen LogP contribution in [0.1, 0.15) is 32.3 Å². The number of fused-ring (bicyclic) bond motifs is 3. The second kappa shape index (κ2) is 11.8. The Morgan fingerprint density at radius 3 is 1.22 bits per heavy atom. The van der Waals surface area contributed by atoms with Crippen LogP contribution in [0.5, 0.6) is 0 Å². The minimum absolute atomic E-state index is 0.542. The summed E-state index contributed by atoms with van der Waals surface area (Å²) in [5, 5.41) is 2.11. The number of aromatic nitrogens is 4. The molecule has 0 aliphatic heterocycles. The van der Waals surface area contributed by atoms with Gasteiger partial charge in [-0.15, -0.1) is 22.7 Å². The van der Waals surface area contributed by atoms with Crippen LogP contribution in [0.4, 0.5) is 0 Å². The standard InChI is InChI=1S/C43H30N4S2/c1-27-44-25-41(48-27)31-15-19-39(46-23-31)29-13-17-35-36-18-14-30(40-20-16-32(24-47-40)42-26-45-28(2)49-42)22-38(36)43(37(35)21-29,33-9-5-3-6-10-33)34-11-7-4-8-12-34/h3-26H,1-2H3. The van der Waals surface area contributed by atoms with Crippen molar-refractivity contribution < 1.29 is 0 Å². The molecule has 4 heterocycles. The minimum Gasteiger partial charge on any atom is -0.256 e. The first-order valence-corrected chi connectivity index (χ1v) is 17.9. The van der Waals surface area contributed by atoms with E-state index in [9.17, 15) is 0 Å². The van der Waals surface area contributed by atoms with Crippen LogP contribution in [0.25, 0.3) is 54.5 Å². The van der Waals surface area contributed by atoms with Crippen molar-refractivity contribution in [1.29, 1.82) is 0 Å². The first kappa shape index (κ1) is 29.6. The van der Waals surface area contributed by atoms with Gasteiger partial charge in [0.1, 0.15) is 0 Å². The summed E-state index contributed by atoms with van der Waals surface area (Å²) in [6.45, 7) is 4.06. The largest absolute Gasteiger partial charge is 0.256 e. The number of rotatable bonds is 6. The molecule has 6 heteroatoms. The molecule has 49 heavy (non-hydrogen) atoms. The number of hydrogen-bond donors (Lipinski definition) is 0. The fourth-order valence-corrected chi connectivity index (χ4v) is 8.75. The molecule has 1 aliphatic rings. The SMILES string of the molecule is Cc1ncc(-c2ccc(-c3ccc4c(c3)C(c3ccccc3)(c3ccccc3)c3cc(-c5ccc(-c6cnc(C)s6)cn5)ccc3-4)nc2)s1. The average Bonchev–Trinajstić information content (AvgIpc) is 3.88. The molecule has 0 unspecified atom stereocenters. The Kier molecular flexibility index (Phi) is 7.15. The Bertz CT molecular complexity index is 2270. The molecular formula is C43H30N4S2. The van der Waals surface area contributed by atoms with Gasteiger partial charge in [0.2, 0.25) is 0 Å². The van der Waals surface area contributed by atoms with Gasteiger partial charge in [0.15, 0.2) is 0 Å². The summed E-state index contributed by atoms with van der Waals surface area (Å²) >= 11 is 3.38. The Hall–Kier alpha value is -5.56. The second-order valence-electron chi connectivity index (χ2n) is 12.4. The van der Waals surface area contributed by atoms with Crippen LogP contribution >= 0.6 is 22.7 Å². The molecule has 0 spiro atoms. The molecular weight excluding hydrogens is 637 g/mol. The highest BCUT2D eigenvalue weighted by Gasteiger charge is 2.46. The lowest BCUT2D eigenvalue weighted by atomic mass is 9.67. The molecule has 1 aliphatic carbocycles. The lowest BCUT2D eigenvalue weighted by molar-refractivity contribution is 0.769. The van der Waals surface area contributed by atoms with Crippen LogP contribution in [0.2, 0.25) is 0 Å². The molecule has 4 aromatic heterocycles. The molecule has 0 amide bonds. The van der Waals surface area contributed by atoms with Gasteiger partial charge in [0, 0.05) is 47.0 Å². The predicted octanol–water partition coefficient (Wildman–Crippen LogP) is 11.0. The Morgan fingerprint density at radius 2 is 0.857 bits per heavy atom.